The van der Waals surface area contributed by atoms with Crippen LogP contribution in [0.3, 0.4) is 0 Å². The fourth-order valence-corrected chi connectivity index (χ4v) is 3.24. The zero-order valence-electron chi connectivity index (χ0n) is 16.8. The molecule has 150 valence electrons. The number of anilines is 2. The third-order valence-electron chi connectivity index (χ3n) is 4.98. The first-order chi connectivity index (χ1) is 14.7. The Hall–Kier alpha value is -4.06. The molecule has 6 heteroatoms. The van der Waals surface area contributed by atoms with Gasteiger partial charge in [0.1, 0.15) is 11.4 Å². The quantitative estimate of drug-likeness (QED) is 0.658. The average molecular weight is 398 g/mol. The van der Waals surface area contributed by atoms with Crippen LogP contribution >= 0.6 is 0 Å². The molecule has 0 saturated heterocycles. The van der Waals surface area contributed by atoms with Gasteiger partial charge in [0, 0.05) is 11.1 Å². The van der Waals surface area contributed by atoms with E-state index in [0.717, 1.165) is 34.0 Å². The van der Waals surface area contributed by atoms with Crippen molar-refractivity contribution in [1.29, 1.82) is 0 Å². The van der Waals surface area contributed by atoms with Crippen LogP contribution in [-0.4, -0.2) is 0 Å². The van der Waals surface area contributed by atoms with Gasteiger partial charge in [-0.25, -0.2) is 0 Å². The summed E-state index contributed by atoms with van der Waals surface area (Å²) in [6.07, 6.45) is 3.69. The maximum Gasteiger partial charge on any atom is 0.182 e. The number of hydrazine groups is 2. The van der Waals surface area contributed by atoms with E-state index in [-0.39, 0.29) is 0 Å². The van der Waals surface area contributed by atoms with Crippen molar-refractivity contribution in [3.63, 3.8) is 0 Å². The standard InChI is InChI=1S/C24H22N4O2/c1-17-6-10-19(11-7-17)23-15-25-27(29-23)21-4-3-5-22(14-21)28-26-16-24(30-28)20-12-8-18(2)9-13-20/h3-16,25-26H,1-2H3. The molecule has 3 aromatic carbocycles. The van der Waals surface area contributed by atoms with Crippen LogP contribution in [0.1, 0.15) is 22.3 Å². The molecule has 0 fully saturated rings. The SMILES string of the molecule is Cc1ccc(C2=CNN(c3cccc(N4NC=C(c5ccc(C)cc5)O4)c3)O2)cc1. The highest BCUT2D eigenvalue weighted by molar-refractivity contribution is 5.67. The number of nitrogens with one attached hydrogen (secondary N) is 2. The Morgan fingerprint density at radius 3 is 1.47 bits per heavy atom. The van der Waals surface area contributed by atoms with Gasteiger partial charge in [-0.05, 0) is 32.0 Å². The second-order valence-corrected chi connectivity index (χ2v) is 7.30. The highest BCUT2D eigenvalue weighted by Crippen LogP contribution is 2.30. The van der Waals surface area contributed by atoms with E-state index < -0.39 is 0 Å². The molecule has 3 aromatic rings. The van der Waals surface area contributed by atoms with E-state index in [2.05, 4.69) is 49.0 Å². The lowest BCUT2D eigenvalue weighted by Gasteiger charge is -2.22. The van der Waals surface area contributed by atoms with Gasteiger partial charge in [-0.3, -0.25) is 10.9 Å². The van der Waals surface area contributed by atoms with E-state index >= 15 is 0 Å². The number of nitrogens with zero attached hydrogens (tertiary/aromatic N) is 2. The molecule has 6 nitrogen and oxygen atoms in total. The number of benzene rings is 3. The molecule has 0 aliphatic carbocycles. The molecule has 0 bridgehead atoms. The Balaban J connectivity index is 1.28. The van der Waals surface area contributed by atoms with E-state index in [1.165, 1.54) is 11.1 Å². The van der Waals surface area contributed by atoms with Gasteiger partial charge in [0.2, 0.25) is 0 Å². The van der Waals surface area contributed by atoms with Crippen LogP contribution in [0.2, 0.25) is 0 Å². The van der Waals surface area contributed by atoms with Gasteiger partial charge < -0.3 is 9.68 Å². The lowest BCUT2D eigenvalue weighted by molar-refractivity contribution is 0.239. The predicted molar refractivity (Wildman–Crippen MR) is 118 cm³/mol. The molecule has 0 unspecified atom stereocenters. The van der Waals surface area contributed by atoms with Gasteiger partial charge in [-0.1, -0.05) is 65.7 Å². The van der Waals surface area contributed by atoms with Gasteiger partial charge in [0.05, 0.1) is 12.4 Å². The Kier molecular flexibility index (Phi) is 4.44. The maximum atomic E-state index is 5.98. The molecule has 2 heterocycles. The molecule has 2 aliphatic heterocycles. The number of hydrogen-bond donors (Lipinski definition) is 2. The van der Waals surface area contributed by atoms with Gasteiger partial charge >= 0.3 is 0 Å². The minimum absolute atomic E-state index is 0.763. The van der Waals surface area contributed by atoms with Crippen molar-refractivity contribution in [3.05, 3.63) is 107 Å². The first-order valence-electron chi connectivity index (χ1n) is 9.79. The first-order valence-corrected chi connectivity index (χ1v) is 9.79. The van der Waals surface area contributed by atoms with Crippen molar-refractivity contribution in [3.8, 4) is 0 Å². The van der Waals surface area contributed by atoms with E-state index in [1.807, 2.05) is 60.9 Å². The summed E-state index contributed by atoms with van der Waals surface area (Å²) in [4.78, 5) is 12.0. The van der Waals surface area contributed by atoms with E-state index in [0.29, 0.717) is 0 Å². The van der Waals surface area contributed by atoms with Crippen LogP contribution in [0.15, 0.2) is 85.2 Å². The Bertz CT molecular complexity index is 1030. The largest absolute Gasteiger partial charge is 0.357 e. The predicted octanol–water partition coefficient (Wildman–Crippen LogP) is 4.81. The summed E-state index contributed by atoms with van der Waals surface area (Å²) in [6, 6.07) is 24.3. The molecule has 0 saturated carbocycles. The van der Waals surface area contributed by atoms with Crippen molar-refractivity contribution in [1.82, 2.24) is 10.9 Å². The highest BCUT2D eigenvalue weighted by atomic mass is 16.7. The lowest BCUT2D eigenvalue weighted by atomic mass is 10.1. The molecular weight excluding hydrogens is 376 g/mol. The van der Waals surface area contributed by atoms with Crippen molar-refractivity contribution >= 4 is 22.9 Å². The average Bonchev–Trinajstić information content (AvgIpc) is 3.45. The summed E-state index contributed by atoms with van der Waals surface area (Å²) < 4.78 is 0. The van der Waals surface area contributed by atoms with Crippen LogP contribution in [0, 0.1) is 13.8 Å². The zero-order valence-corrected chi connectivity index (χ0v) is 16.8. The van der Waals surface area contributed by atoms with Crippen molar-refractivity contribution in [2.75, 3.05) is 10.3 Å². The number of hydrogen-bond acceptors (Lipinski definition) is 6. The van der Waals surface area contributed by atoms with Crippen molar-refractivity contribution in [2.45, 2.75) is 13.8 Å². The molecule has 0 aromatic heterocycles. The van der Waals surface area contributed by atoms with Crippen LogP contribution in [0.4, 0.5) is 11.4 Å². The molecule has 0 spiro atoms. The lowest BCUT2D eigenvalue weighted by Crippen LogP contribution is -2.30. The van der Waals surface area contributed by atoms with E-state index in [9.17, 15) is 0 Å². The third-order valence-corrected chi connectivity index (χ3v) is 4.98. The molecule has 0 amide bonds. The fourth-order valence-electron chi connectivity index (χ4n) is 3.24. The smallest absolute Gasteiger partial charge is 0.182 e. The summed E-state index contributed by atoms with van der Waals surface area (Å²) in [5.74, 6) is 1.53. The second kappa shape index (κ2) is 7.40. The van der Waals surface area contributed by atoms with Gasteiger partial charge in [0.25, 0.3) is 0 Å². The Morgan fingerprint density at radius 1 is 0.600 bits per heavy atom. The summed E-state index contributed by atoms with van der Waals surface area (Å²) in [5, 5.41) is 3.26. The first kappa shape index (κ1) is 18.0. The van der Waals surface area contributed by atoms with Gasteiger partial charge in [-0.2, -0.15) is 0 Å². The fraction of sp³-hybridized carbons (Fsp3) is 0.0833. The monoisotopic (exact) mass is 398 g/mol. The summed E-state index contributed by atoms with van der Waals surface area (Å²) in [7, 11) is 0. The molecule has 2 aliphatic rings. The van der Waals surface area contributed by atoms with E-state index in [4.69, 9.17) is 9.68 Å². The Morgan fingerprint density at radius 2 is 1.03 bits per heavy atom. The molecule has 2 N–H and O–H groups in total. The molecule has 0 atom stereocenters. The number of rotatable bonds is 4. The molecule has 0 radical (unpaired) electrons. The van der Waals surface area contributed by atoms with Gasteiger partial charge in [0.15, 0.2) is 11.5 Å². The summed E-state index contributed by atoms with van der Waals surface area (Å²) in [6.45, 7) is 4.13. The summed E-state index contributed by atoms with van der Waals surface area (Å²) >= 11 is 0. The maximum absolute atomic E-state index is 5.98. The van der Waals surface area contributed by atoms with Crippen molar-refractivity contribution < 1.29 is 9.68 Å². The molecule has 30 heavy (non-hydrogen) atoms. The van der Waals surface area contributed by atoms with E-state index in [1.54, 1.807) is 10.3 Å². The summed E-state index contributed by atoms with van der Waals surface area (Å²) in [5.41, 5.74) is 12.5. The minimum atomic E-state index is 0.763. The minimum Gasteiger partial charge on any atom is -0.357 e. The van der Waals surface area contributed by atoms with Crippen molar-refractivity contribution in [2.24, 2.45) is 0 Å². The van der Waals surface area contributed by atoms with Crippen LogP contribution in [0.25, 0.3) is 11.5 Å². The highest BCUT2D eigenvalue weighted by Gasteiger charge is 2.21. The van der Waals surface area contributed by atoms with Crippen LogP contribution in [0.5, 0.6) is 0 Å². The zero-order chi connectivity index (χ0) is 20.5. The second-order valence-electron chi connectivity index (χ2n) is 7.30. The molecular formula is C24H22N4O2. The Labute approximate surface area is 175 Å². The van der Waals surface area contributed by atoms with Gasteiger partial charge in [-0.15, -0.1) is 10.3 Å². The topological polar surface area (TPSA) is 49.0 Å². The molecule has 5 rings (SSSR count). The van der Waals surface area contributed by atoms with Crippen LogP contribution in [-0.2, 0) is 9.68 Å². The third kappa shape index (κ3) is 3.51. The normalized spacial score (nSPS) is 15.0. The number of aryl methyl sites for hydroxylation is 2. The van der Waals surface area contributed by atoms with Crippen LogP contribution < -0.4 is 21.2 Å².